The van der Waals surface area contributed by atoms with Crippen molar-refractivity contribution in [3.8, 4) is 0 Å². The van der Waals surface area contributed by atoms with Crippen LogP contribution in [-0.4, -0.2) is 191 Å². The standard InChI is InChI=1S/C54H82O22/c1-22-32(57)26(56)18-31(69-22)71-30-20-49(3,4)19-25-24-10-11-28-51(6)14-13-29(52(7,21-55)27(51)12-15-54(28,9)53(24,8)17-16-50(25,30)5)72-47-42(37(62)35(60)40(73-47)44(65)66)76-48-43(38(63)36(61)41(74-48)45(67)68)75-46-39(64)34(59)33(58)23(2)70-46/h10,23,25,27-31,33-43,46-48,55,57-64H,11-21H2,1-9H3,(H,65,66)(H,67,68)/t23-,25-,27+,28+,29-,30+,31+,33-,34+,35-,36-,37-,38-,39+,40-,41-,42+,43+,46-,47+,48-,50+,51-,52+,53+,54+/m0/s1. The molecular formula is C54H82O22. The second-order valence-corrected chi connectivity index (χ2v) is 25.8. The number of hydrogen-bond donors (Lipinski definition) is 11. The van der Waals surface area contributed by atoms with E-state index >= 15 is 0 Å². The number of ether oxygens (including phenoxy) is 8. The average molecular weight is 1080 g/mol. The van der Waals surface area contributed by atoms with E-state index in [0.29, 0.717) is 19.3 Å². The molecule has 4 heterocycles. The van der Waals surface area contributed by atoms with Crippen molar-refractivity contribution < 1.29 is 108 Å². The molecule has 5 aliphatic carbocycles. The van der Waals surface area contributed by atoms with Gasteiger partial charge in [-0.25, -0.2) is 9.59 Å². The molecule has 0 aromatic rings. The Hall–Kier alpha value is -2.91. The maximum atomic E-state index is 12.7. The van der Waals surface area contributed by atoms with E-state index in [-0.39, 0.29) is 75.5 Å². The summed E-state index contributed by atoms with van der Waals surface area (Å²) >= 11 is 0. The zero-order chi connectivity index (χ0) is 55.7. The number of rotatable bonds is 11. The van der Waals surface area contributed by atoms with Gasteiger partial charge in [-0.2, -0.15) is 0 Å². The normalized spacial score (nSPS) is 52.2. The summed E-state index contributed by atoms with van der Waals surface area (Å²) in [5.74, 6) is -3.85. The smallest absolute Gasteiger partial charge is 0.335 e. The van der Waals surface area contributed by atoms with Crippen LogP contribution in [-0.2, 0) is 52.3 Å². The highest BCUT2D eigenvalue weighted by molar-refractivity contribution is 5.94. The van der Waals surface area contributed by atoms with Gasteiger partial charge in [-0.05, 0) is 111 Å². The molecule has 26 atom stereocenters. The summed E-state index contributed by atoms with van der Waals surface area (Å²) in [6, 6.07) is 0. The van der Waals surface area contributed by atoms with E-state index in [1.54, 1.807) is 6.92 Å². The fourth-order valence-corrected chi connectivity index (χ4v) is 16.3. The minimum absolute atomic E-state index is 0.0600. The lowest BCUT2D eigenvalue weighted by Crippen LogP contribution is -2.68. The molecule has 22 heteroatoms. The molecule has 0 aromatic heterocycles. The fraction of sp³-hybridized carbons (Fsp3) is 0.870. The first kappa shape index (κ1) is 57.8. The SMILES string of the molecule is CC1=C(O)C(=O)C[C@@H](O[C@@H]2CC(C)(C)C[C@H]3C4=CC[C@@H]5[C@@]6(C)CC[C@H](O[C@@H]7O[C@H](C(=O)O)[C@@H](O)[C@H](O)[C@H]7O[C@@H]7O[C@H](C(=O)O)[C@@H](O)[C@H](O)[C@H]7O[C@@H]7O[C@@H](C)[C@H](O)[C@@H](O)[C@H]7O)[C@](C)(CO)[C@@H]6CC[C@@]5(C)[C@]4(C)CC[C@@]23C)O1. The van der Waals surface area contributed by atoms with Crippen molar-refractivity contribution >= 4 is 17.7 Å². The van der Waals surface area contributed by atoms with Gasteiger partial charge in [-0.1, -0.05) is 60.1 Å². The quantitative estimate of drug-likeness (QED) is 0.104. The predicted octanol–water partition coefficient (Wildman–Crippen LogP) is 1.93. The van der Waals surface area contributed by atoms with E-state index in [9.17, 15) is 70.6 Å². The second-order valence-electron chi connectivity index (χ2n) is 25.8. The van der Waals surface area contributed by atoms with Gasteiger partial charge in [0.15, 0.2) is 36.8 Å². The average Bonchev–Trinajstić information content (AvgIpc) is 3.53. The van der Waals surface area contributed by atoms with E-state index in [1.807, 2.05) is 6.92 Å². The van der Waals surface area contributed by atoms with Crippen molar-refractivity contribution in [2.24, 2.45) is 50.2 Å². The lowest BCUT2D eigenvalue weighted by molar-refractivity contribution is -0.393. The molecule has 22 nitrogen and oxygen atoms in total. The minimum Gasteiger partial charge on any atom is -0.502 e. The van der Waals surface area contributed by atoms with E-state index in [1.165, 1.54) is 12.5 Å². The van der Waals surface area contributed by atoms with E-state index < -0.39 is 128 Å². The van der Waals surface area contributed by atoms with Gasteiger partial charge in [-0.3, -0.25) is 4.79 Å². The van der Waals surface area contributed by atoms with E-state index in [2.05, 4.69) is 47.6 Å². The Labute approximate surface area is 442 Å². The number of allylic oxidation sites excluding steroid dienone is 4. The monoisotopic (exact) mass is 1080 g/mol. The van der Waals surface area contributed by atoms with Gasteiger partial charge in [0.25, 0.3) is 0 Å². The zero-order valence-corrected chi connectivity index (χ0v) is 44.9. The van der Waals surface area contributed by atoms with Gasteiger partial charge < -0.3 is 94.1 Å². The van der Waals surface area contributed by atoms with Crippen molar-refractivity contribution in [1.82, 2.24) is 0 Å². The molecule has 0 unspecified atom stereocenters. The number of Topliss-reactive ketones (excluding diaryl/α,β-unsaturated/α-hetero) is 1. The molecule has 4 saturated carbocycles. The molecule has 9 rings (SSSR count). The fourth-order valence-electron chi connectivity index (χ4n) is 16.3. The Morgan fingerprint density at radius 1 is 0.658 bits per heavy atom. The number of aliphatic hydroxyl groups excluding tert-OH is 9. The second kappa shape index (κ2) is 20.3. The molecule has 4 aliphatic heterocycles. The van der Waals surface area contributed by atoms with Crippen LogP contribution in [0.2, 0.25) is 0 Å². The minimum atomic E-state index is -2.18. The summed E-state index contributed by atoms with van der Waals surface area (Å²) in [5, 5.41) is 119. The number of fused-ring (bicyclic) bond motifs is 7. The van der Waals surface area contributed by atoms with Gasteiger partial charge in [0.2, 0.25) is 12.1 Å². The van der Waals surface area contributed by atoms with Crippen molar-refractivity contribution in [2.45, 2.75) is 237 Å². The number of carboxylic acid groups (broad SMARTS) is 2. The van der Waals surface area contributed by atoms with E-state index in [4.69, 9.17) is 37.9 Å². The van der Waals surface area contributed by atoms with Crippen molar-refractivity contribution in [3.05, 3.63) is 23.2 Å². The third-order valence-electron chi connectivity index (χ3n) is 21.0. The van der Waals surface area contributed by atoms with Crippen molar-refractivity contribution in [1.29, 1.82) is 0 Å². The van der Waals surface area contributed by atoms with Crippen molar-refractivity contribution in [3.63, 3.8) is 0 Å². The molecule has 0 spiro atoms. The largest absolute Gasteiger partial charge is 0.502 e. The molecule has 0 aromatic carbocycles. The summed E-state index contributed by atoms with van der Waals surface area (Å²) < 4.78 is 48.6. The molecule has 0 radical (unpaired) electrons. The van der Waals surface area contributed by atoms with Crippen LogP contribution in [0.3, 0.4) is 0 Å². The molecule has 0 amide bonds. The van der Waals surface area contributed by atoms with E-state index in [0.717, 1.165) is 38.5 Å². The van der Waals surface area contributed by atoms with Crippen LogP contribution < -0.4 is 0 Å². The topological polar surface area (TPSA) is 348 Å². The summed E-state index contributed by atoms with van der Waals surface area (Å²) in [7, 11) is 0. The Morgan fingerprint density at radius 2 is 1.25 bits per heavy atom. The molecule has 9 aliphatic rings. The summed E-state index contributed by atoms with van der Waals surface area (Å²) in [6.45, 7) is 18.5. The van der Waals surface area contributed by atoms with Gasteiger partial charge in [-0.15, -0.1) is 0 Å². The number of hydrogen-bond acceptors (Lipinski definition) is 20. The Kier molecular flexibility index (Phi) is 15.4. The van der Waals surface area contributed by atoms with Crippen LogP contribution in [0, 0.1) is 50.2 Å². The van der Waals surface area contributed by atoms with Gasteiger partial charge in [0.05, 0.1) is 31.3 Å². The lowest BCUT2D eigenvalue weighted by Gasteiger charge is -2.72. The molecule has 11 N–H and O–H groups in total. The molecular weight excluding hydrogens is 1000 g/mol. The maximum absolute atomic E-state index is 12.7. The molecule has 76 heavy (non-hydrogen) atoms. The highest BCUT2D eigenvalue weighted by atomic mass is 16.8. The van der Waals surface area contributed by atoms with Crippen molar-refractivity contribution in [2.75, 3.05) is 6.61 Å². The first-order chi connectivity index (χ1) is 35.4. The number of carbonyl (C=O) groups excluding carboxylic acids is 1. The third-order valence-corrected chi connectivity index (χ3v) is 21.0. The van der Waals surface area contributed by atoms with Crippen LogP contribution in [0.4, 0.5) is 0 Å². The molecule has 0 bridgehead atoms. The van der Waals surface area contributed by atoms with Gasteiger partial charge in [0, 0.05) is 10.8 Å². The first-order valence-corrected chi connectivity index (χ1v) is 27.1. The Morgan fingerprint density at radius 3 is 1.83 bits per heavy atom. The molecule has 430 valence electrons. The van der Waals surface area contributed by atoms with Crippen LogP contribution in [0.5, 0.6) is 0 Å². The molecule has 7 fully saturated rings. The van der Waals surface area contributed by atoms with Crippen LogP contribution in [0.15, 0.2) is 23.2 Å². The zero-order valence-electron chi connectivity index (χ0n) is 44.9. The number of carboxylic acids is 2. The first-order valence-electron chi connectivity index (χ1n) is 27.1. The molecule has 3 saturated heterocycles. The third kappa shape index (κ3) is 9.18. The number of carbonyl (C=O) groups is 3. The summed E-state index contributed by atoms with van der Waals surface area (Å²) in [5.41, 5.74) is -0.723. The highest BCUT2D eigenvalue weighted by Crippen LogP contribution is 2.76. The number of aliphatic carboxylic acids is 2. The van der Waals surface area contributed by atoms with Crippen LogP contribution >= 0.6 is 0 Å². The van der Waals surface area contributed by atoms with Gasteiger partial charge >= 0.3 is 11.9 Å². The Balaban J connectivity index is 0.986. The number of ketones is 1. The van der Waals surface area contributed by atoms with Gasteiger partial charge in [0.1, 0.15) is 60.7 Å². The van der Waals surface area contributed by atoms with Crippen LogP contribution in [0.25, 0.3) is 0 Å². The highest BCUT2D eigenvalue weighted by Gasteiger charge is 2.70. The summed E-state index contributed by atoms with van der Waals surface area (Å²) in [6.07, 6.45) is -21.8. The predicted molar refractivity (Wildman–Crippen MR) is 260 cm³/mol. The number of aliphatic hydroxyl groups is 9. The van der Waals surface area contributed by atoms with Crippen LogP contribution in [0.1, 0.15) is 127 Å². The summed E-state index contributed by atoms with van der Waals surface area (Å²) in [4.78, 5) is 37.6. The maximum Gasteiger partial charge on any atom is 0.335 e. The lowest BCUT2D eigenvalue weighted by atomic mass is 9.33. The Bertz CT molecular complexity index is 2290.